The number of hydrogen-bond acceptors (Lipinski definition) is 4. The van der Waals surface area contributed by atoms with E-state index in [1.165, 1.54) is 0 Å². The molecule has 0 bridgehead atoms. The van der Waals surface area contributed by atoms with Crippen molar-refractivity contribution >= 4 is 28.9 Å². The molecule has 148 valence electrons. The largest absolute Gasteiger partial charge is 0.506 e. The lowest BCUT2D eigenvalue weighted by Crippen LogP contribution is -2.34. The number of nitrogens with one attached hydrogen (secondary N) is 2. The van der Waals surface area contributed by atoms with Crippen LogP contribution >= 0.6 is 12.2 Å². The Labute approximate surface area is 175 Å². The summed E-state index contributed by atoms with van der Waals surface area (Å²) in [5, 5.41) is 15.5. The second kappa shape index (κ2) is 9.71. The van der Waals surface area contributed by atoms with Crippen LogP contribution in [0.25, 0.3) is 0 Å². The van der Waals surface area contributed by atoms with E-state index < -0.39 is 0 Å². The summed E-state index contributed by atoms with van der Waals surface area (Å²) in [7, 11) is 0. The third-order valence-electron chi connectivity index (χ3n) is 4.25. The second-order valence-corrected chi connectivity index (χ2v) is 6.92. The highest BCUT2D eigenvalue weighted by molar-refractivity contribution is 7.80. The first-order chi connectivity index (χ1) is 14.0. The van der Waals surface area contributed by atoms with E-state index in [0.29, 0.717) is 23.6 Å². The van der Waals surface area contributed by atoms with Crippen molar-refractivity contribution in [3.63, 3.8) is 0 Å². The zero-order chi connectivity index (χ0) is 20.6. The fourth-order valence-electron chi connectivity index (χ4n) is 2.78. The standard InChI is InChI=1S/C23H22N2O3S/c1-16-11-12-20(26)19(15-16)24-23(29)25-22(27)18-9-5-6-10-21(18)28-14-13-17-7-3-2-4-8-17/h2-12,15,26H,13-14H2,1H3,(H2,24,25,27,29). The van der Waals surface area contributed by atoms with Crippen LogP contribution < -0.4 is 15.4 Å². The number of phenols is 1. The van der Waals surface area contributed by atoms with Crippen molar-refractivity contribution < 1.29 is 14.6 Å². The lowest BCUT2D eigenvalue weighted by molar-refractivity contribution is 0.0974. The number of amides is 1. The van der Waals surface area contributed by atoms with Gasteiger partial charge in [-0.25, -0.2) is 0 Å². The number of anilines is 1. The molecule has 0 fully saturated rings. The van der Waals surface area contributed by atoms with Crippen molar-refractivity contribution in [2.75, 3.05) is 11.9 Å². The van der Waals surface area contributed by atoms with Crippen molar-refractivity contribution in [1.82, 2.24) is 5.32 Å². The summed E-state index contributed by atoms with van der Waals surface area (Å²) in [6, 6.07) is 22.1. The maximum atomic E-state index is 12.7. The average Bonchev–Trinajstić information content (AvgIpc) is 2.72. The number of aromatic hydroxyl groups is 1. The Kier molecular flexibility index (Phi) is 6.81. The van der Waals surface area contributed by atoms with Crippen LogP contribution in [0.1, 0.15) is 21.5 Å². The molecular formula is C23H22N2O3S. The number of aryl methyl sites for hydroxylation is 1. The number of carbonyl (C=O) groups is 1. The van der Waals surface area contributed by atoms with Gasteiger partial charge < -0.3 is 15.2 Å². The predicted octanol–water partition coefficient (Wildman–Crippen LogP) is 4.45. The molecule has 3 N–H and O–H groups in total. The Balaban J connectivity index is 1.61. The summed E-state index contributed by atoms with van der Waals surface area (Å²) in [6.45, 7) is 2.35. The van der Waals surface area contributed by atoms with Gasteiger partial charge in [-0.3, -0.25) is 10.1 Å². The molecule has 0 saturated carbocycles. The number of para-hydroxylation sites is 1. The topological polar surface area (TPSA) is 70.6 Å². The first-order valence-electron chi connectivity index (χ1n) is 9.20. The smallest absolute Gasteiger partial charge is 0.261 e. The van der Waals surface area contributed by atoms with Gasteiger partial charge in [0.15, 0.2) is 5.11 Å². The van der Waals surface area contributed by atoms with Gasteiger partial charge in [-0.2, -0.15) is 0 Å². The Hall–Kier alpha value is -3.38. The van der Waals surface area contributed by atoms with Gasteiger partial charge in [0.1, 0.15) is 11.5 Å². The number of ether oxygens (including phenoxy) is 1. The zero-order valence-electron chi connectivity index (χ0n) is 16.0. The fraction of sp³-hybridized carbons (Fsp3) is 0.130. The number of thiocarbonyl (C=S) groups is 1. The summed E-state index contributed by atoms with van der Waals surface area (Å²) < 4.78 is 5.83. The molecule has 0 aliphatic carbocycles. The van der Waals surface area contributed by atoms with Crippen LogP contribution in [0.2, 0.25) is 0 Å². The van der Waals surface area contributed by atoms with Gasteiger partial charge in [0, 0.05) is 6.42 Å². The van der Waals surface area contributed by atoms with Crippen LogP contribution in [-0.2, 0) is 6.42 Å². The SMILES string of the molecule is Cc1ccc(O)c(NC(=S)NC(=O)c2ccccc2OCCc2ccccc2)c1. The summed E-state index contributed by atoms with van der Waals surface area (Å²) >= 11 is 5.21. The molecule has 0 radical (unpaired) electrons. The quantitative estimate of drug-likeness (QED) is 0.417. The van der Waals surface area contributed by atoms with E-state index in [-0.39, 0.29) is 16.8 Å². The van der Waals surface area contributed by atoms with Crippen LogP contribution in [0.3, 0.4) is 0 Å². The molecule has 0 aromatic heterocycles. The minimum Gasteiger partial charge on any atom is -0.506 e. The average molecular weight is 407 g/mol. The molecule has 3 aromatic carbocycles. The number of rotatable bonds is 6. The molecule has 3 aromatic rings. The summed E-state index contributed by atoms with van der Waals surface area (Å²) in [6.07, 6.45) is 0.739. The first kappa shape index (κ1) is 20.4. The monoisotopic (exact) mass is 406 g/mol. The highest BCUT2D eigenvalue weighted by Gasteiger charge is 2.14. The molecule has 0 heterocycles. The van der Waals surface area contributed by atoms with Crippen molar-refractivity contribution in [3.05, 3.63) is 89.5 Å². The molecule has 0 saturated heterocycles. The van der Waals surface area contributed by atoms with Gasteiger partial charge in [0.2, 0.25) is 0 Å². The van der Waals surface area contributed by atoms with Crippen LogP contribution in [0.4, 0.5) is 5.69 Å². The molecule has 0 aliphatic rings. The predicted molar refractivity (Wildman–Crippen MR) is 119 cm³/mol. The van der Waals surface area contributed by atoms with Crippen molar-refractivity contribution in [2.45, 2.75) is 13.3 Å². The third kappa shape index (κ3) is 5.80. The van der Waals surface area contributed by atoms with Crippen LogP contribution in [0.5, 0.6) is 11.5 Å². The molecular weight excluding hydrogens is 384 g/mol. The van der Waals surface area contributed by atoms with Gasteiger partial charge in [-0.1, -0.05) is 48.5 Å². The van der Waals surface area contributed by atoms with E-state index in [4.69, 9.17) is 17.0 Å². The third-order valence-corrected chi connectivity index (χ3v) is 4.45. The van der Waals surface area contributed by atoms with Gasteiger partial charge in [0.25, 0.3) is 5.91 Å². The Morgan fingerprint density at radius 3 is 2.55 bits per heavy atom. The normalized spacial score (nSPS) is 10.2. The van der Waals surface area contributed by atoms with Gasteiger partial charge in [0.05, 0.1) is 17.9 Å². The number of hydrogen-bond donors (Lipinski definition) is 3. The molecule has 0 unspecified atom stereocenters. The van der Waals surface area contributed by atoms with Gasteiger partial charge in [-0.15, -0.1) is 0 Å². The highest BCUT2D eigenvalue weighted by atomic mass is 32.1. The van der Waals surface area contributed by atoms with Crippen molar-refractivity contribution in [3.8, 4) is 11.5 Å². The Morgan fingerprint density at radius 1 is 1.03 bits per heavy atom. The molecule has 1 amide bonds. The number of phenolic OH excluding ortho intramolecular Hbond substituents is 1. The van der Waals surface area contributed by atoms with E-state index in [0.717, 1.165) is 17.5 Å². The number of carbonyl (C=O) groups excluding carboxylic acids is 1. The summed E-state index contributed by atoms with van der Waals surface area (Å²) in [5.41, 5.74) is 2.94. The maximum Gasteiger partial charge on any atom is 0.261 e. The lowest BCUT2D eigenvalue weighted by atomic mass is 10.1. The van der Waals surface area contributed by atoms with E-state index in [1.807, 2.05) is 43.3 Å². The molecule has 5 nitrogen and oxygen atoms in total. The first-order valence-corrected chi connectivity index (χ1v) is 9.61. The lowest BCUT2D eigenvalue weighted by Gasteiger charge is -2.14. The molecule has 0 aliphatic heterocycles. The molecule has 0 spiro atoms. The fourth-order valence-corrected chi connectivity index (χ4v) is 2.98. The Bertz CT molecular complexity index is 1010. The maximum absolute atomic E-state index is 12.7. The molecule has 6 heteroatoms. The van der Waals surface area contributed by atoms with Crippen LogP contribution in [0.15, 0.2) is 72.8 Å². The van der Waals surface area contributed by atoms with Crippen molar-refractivity contribution in [1.29, 1.82) is 0 Å². The minimum atomic E-state index is -0.384. The zero-order valence-corrected chi connectivity index (χ0v) is 16.8. The van der Waals surface area contributed by atoms with E-state index in [2.05, 4.69) is 10.6 Å². The van der Waals surface area contributed by atoms with Crippen molar-refractivity contribution in [2.24, 2.45) is 0 Å². The van der Waals surface area contributed by atoms with Gasteiger partial charge >= 0.3 is 0 Å². The number of benzene rings is 3. The summed E-state index contributed by atoms with van der Waals surface area (Å²) in [5.74, 6) is 0.156. The van der Waals surface area contributed by atoms with E-state index in [9.17, 15) is 9.90 Å². The minimum absolute atomic E-state index is 0.0526. The second-order valence-electron chi connectivity index (χ2n) is 6.51. The summed E-state index contributed by atoms with van der Waals surface area (Å²) in [4.78, 5) is 12.7. The van der Waals surface area contributed by atoms with E-state index in [1.54, 1.807) is 36.4 Å². The van der Waals surface area contributed by atoms with Crippen LogP contribution in [0, 0.1) is 6.92 Å². The molecule has 3 rings (SSSR count). The molecule has 0 atom stereocenters. The highest BCUT2D eigenvalue weighted by Crippen LogP contribution is 2.24. The van der Waals surface area contributed by atoms with Gasteiger partial charge in [-0.05, 0) is 54.5 Å². The Morgan fingerprint density at radius 2 is 1.76 bits per heavy atom. The van der Waals surface area contributed by atoms with Crippen LogP contribution in [-0.4, -0.2) is 22.7 Å². The molecule has 29 heavy (non-hydrogen) atoms. The van der Waals surface area contributed by atoms with E-state index >= 15 is 0 Å².